The summed E-state index contributed by atoms with van der Waals surface area (Å²) < 4.78 is 59.6. The minimum absolute atomic E-state index is 0. The van der Waals surface area contributed by atoms with Gasteiger partial charge in [-0.05, 0) is 48.0 Å². The number of benzene rings is 4. The Morgan fingerprint density at radius 3 is 1.11 bits per heavy atom. The van der Waals surface area contributed by atoms with Crippen molar-refractivity contribution in [3.8, 4) is 0 Å². The molecule has 0 bridgehead atoms. The van der Waals surface area contributed by atoms with Crippen molar-refractivity contribution >= 4 is 48.7 Å². The van der Waals surface area contributed by atoms with Gasteiger partial charge >= 0.3 is 37.8 Å². The standard InChI is InChI=1S/C27H24P.6FH.Sb/c1-5-14-24(15-6-1)16-13-23-28(25-17-7-2-8-18-25,26-19-9-3-10-20-26)27-21-11-4-12-22-27;;;;;;;/h1-22H,23H2;6*1H;/q+1;;;;;;;+5/p-5. The number of halogens is 6. The minimum Gasteiger partial charge on any atom is 1.00 e. The van der Waals surface area contributed by atoms with E-state index in [-0.39, 0.29) is 1.43 Å². The monoisotopic (exact) mass is 615 g/mol. The van der Waals surface area contributed by atoms with Gasteiger partial charge < -0.3 is 0 Å². The Hall–Kier alpha value is -2.55. The predicted molar refractivity (Wildman–Crippen MR) is 139 cm³/mol. The van der Waals surface area contributed by atoms with Gasteiger partial charge in [0.1, 0.15) is 23.2 Å². The van der Waals surface area contributed by atoms with Crippen LogP contribution in [0.25, 0.3) is 6.08 Å². The van der Waals surface area contributed by atoms with E-state index in [0.717, 1.165) is 6.16 Å². The van der Waals surface area contributed by atoms with Crippen LogP contribution in [-0.2, 0) is 0 Å². The average molecular weight is 616 g/mol. The molecule has 4 aromatic rings. The first-order valence-corrected chi connectivity index (χ1v) is 18.4. The van der Waals surface area contributed by atoms with Crippen LogP contribution in [0, 0.1) is 0 Å². The Balaban J connectivity index is 0.000000503. The zero-order valence-electron chi connectivity index (χ0n) is 19.6. The molecule has 0 heterocycles. The van der Waals surface area contributed by atoms with Crippen molar-refractivity contribution in [1.82, 2.24) is 0 Å². The molecule has 8 heteroatoms. The number of hydrogen-bond acceptors (Lipinski definition) is 0. The van der Waals surface area contributed by atoms with E-state index in [1.807, 2.05) is 0 Å². The Morgan fingerprint density at radius 1 is 0.514 bits per heavy atom. The maximum absolute atomic E-state index is 11.2. The second-order valence-electron chi connectivity index (χ2n) is 7.77. The summed E-state index contributed by atoms with van der Waals surface area (Å²) in [5.74, 6) is 0. The van der Waals surface area contributed by atoms with Crippen molar-refractivity contribution in [2.24, 2.45) is 0 Å². The van der Waals surface area contributed by atoms with Crippen molar-refractivity contribution in [3.63, 3.8) is 0 Å². The minimum atomic E-state index is -11.2. The molecule has 0 spiro atoms. The van der Waals surface area contributed by atoms with Gasteiger partial charge in [-0.3, -0.25) is 0 Å². The second kappa shape index (κ2) is 10.2. The molecular formula is C27H25F6PSb+. The van der Waals surface area contributed by atoms with Crippen molar-refractivity contribution < 1.29 is 18.3 Å². The van der Waals surface area contributed by atoms with Gasteiger partial charge in [-0.15, -0.1) is 0 Å². The molecule has 35 heavy (non-hydrogen) atoms. The zero-order valence-corrected chi connectivity index (χ0v) is 22.0. The fourth-order valence-electron chi connectivity index (χ4n) is 3.72. The van der Waals surface area contributed by atoms with Gasteiger partial charge in [0, 0.05) is 0 Å². The first-order chi connectivity index (χ1) is 16.3. The topological polar surface area (TPSA) is 0 Å². The molecule has 0 aromatic heterocycles. The van der Waals surface area contributed by atoms with E-state index in [9.17, 15) is 16.9 Å². The summed E-state index contributed by atoms with van der Waals surface area (Å²) in [4.78, 5) is 0. The van der Waals surface area contributed by atoms with Crippen LogP contribution in [0.15, 0.2) is 127 Å². The van der Waals surface area contributed by atoms with Crippen LogP contribution in [0.3, 0.4) is 0 Å². The molecular weight excluding hydrogens is 591 g/mol. The molecule has 0 atom stereocenters. The maximum atomic E-state index is 9.93. The largest absolute Gasteiger partial charge is 1.00 e. The van der Waals surface area contributed by atoms with Gasteiger partial charge in [0.2, 0.25) is 0 Å². The molecule has 0 aliphatic heterocycles. The smallest absolute Gasteiger partial charge is 1.00 e. The third-order valence-corrected chi connectivity index (χ3v) is 9.38. The van der Waals surface area contributed by atoms with Crippen molar-refractivity contribution in [2.45, 2.75) is 0 Å². The third kappa shape index (κ3) is 9.20. The summed E-state index contributed by atoms with van der Waals surface area (Å²) in [6.45, 7) is 0. The number of allylic oxidation sites excluding steroid dienone is 1. The Morgan fingerprint density at radius 2 is 0.800 bits per heavy atom. The van der Waals surface area contributed by atoms with E-state index < -0.39 is 26.7 Å². The molecule has 0 fully saturated rings. The van der Waals surface area contributed by atoms with E-state index in [4.69, 9.17) is 0 Å². The summed E-state index contributed by atoms with van der Waals surface area (Å²) in [6, 6.07) is 43.6. The fourth-order valence-corrected chi connectivity index (χ4v) is 7.71. The molecule has 0 unspecified atom stereocenters. The molecule has 0 aliphatic rings. The zero-order chi connectivity index (χ0) is 25.5. The Kier molecular flexibility index (Phi) is 7.89. The summed E-state index contributed by atoms with van der Waals surface area (Å²) in [7, 11) is -1.78. The molecule has 0 N–H and O–H groups in total. The van der Waals surface area contributed by atoms with E-state index in [1.165, 1.54) is 21.5 Å². The van der Waals surface area contributed by atoms with Gasteiger partial charge in [0.05, 0.1) is 6.16 Å². The van der Waals surface area contributed by atoms with Crippen LogP contribution in [0.1, 0.15) is 6.99 Å². The number of rotatable bonds is 6. The maximum Gasteiger partial charge on any atom is 1.00 e. The molecule has 0 amide bonds. The fraction of sp³-hybridized carbons (Fsp3) is 0.0370. The average Bonchev–Trinajstić information content (AvgIpc) is 2.82. The first-order valence-electron chi connectivity index (χ1n) is 10.7. The van der Waals surface area contributed by atoms with Crippen molar-refractivity contribution in [1.29, 1.82) is 0 Å². The van der Waals surface area contributed by atoms with Gasteiger partial charge in [0.25, 0.3) is 0 Å². The predicted octanol–water partition coefficient (Wildman–Crippen LogP) is 7.95. The third-order valence-electron chi connectivity index (χ3n) is 5.08. The van der Waals surface area contributed by atoms with Crippen LogP contribution in [0.5, 0.6) is 0 Å². The van der Waals surface area contributed by atoms with Crippen LogP contribution >= 0.6 is 7.26 Å². The van der Waals surface area contributed by atoms with Crippen LogP contribution < -0.4 is 15.9 Å². The second-order valence-corrected chi connectivity index (χ2v) is 16.8. The van der Waals surface area contributed by atoms with E-state index in [0.29, 0.717) is 0 Å². The summed E-state index contributed by atoms with van der Waals surface area (Å²) in [5.41, 5.74) is 1.25. The Labute approximate surface area is 205 Å². The van der Waals surface area contributed by atoms with Crippen LogP contribution in [-0.4, -0.2) is 25.6 Å². The molecule has 0 saturated carbocycles. The summed E-state index contributed by atoms with van der Waals surface area (Å²) in [6.07, 6.45) is 5.61. The first kappa shape index (κ1) is 27.0. The number of hydrogen-bond donors (Lipinski definition) is 0. The van der Waals surface area contributed by atoms with Crippen molar-refractivity contribution in [2.75, 3.05) is 6.16 Å². The van der Waals surface area contributed by atoms with E-state index in [2.05, 4.69) is 133 Å². The molecule has 4 rings (SSSR count). The molecule has 0 saturated heterocycles. The van der Waals surface area contributed by atoms with Crippen molar-refractivity contribution in [3.05, 3.63) is 133 Å². The quantitative estimate of drug-likeness (QED) is 0.117. The molecule has 4 aromatic carbocycles. The molecule has 184 valence electrons. The molecule has 0 radical (unpaired) electrons. The van der Waals surface area contributed by atoms with Gasteiger partial charge in [-0.1, -0.05) is 91.0 Å². The van der Waals surface area contributed by atoms with E-state index in [1.54, 1.807) is 0 Å². The molecule has 0 aliphatic carbocycles. The van der Waals surface area contributed by atoms with Gasteiger partial charge in [-0.2, -0.15) is 0 Å². The SMILES string of the molecule is C(=Cc1ccccc1)C[P+](c1ccccc1)(c1ccccc1)c1ccccc1.[F][Sb-]([F])([F])([F])([F])[F].[H+]. The van der Waals surface area contributed by atoms with Gasteiger partial charge in [0.15, 0.2) is 0 Å². The van der Waals surface area contributed by atoms with Crippen LogP contribution in [0.2, 0.25) is 0 Å². The normalized spacial score (nSPS) is 13.9. The Bertz CT molecular complexity index is 1130. The van der Waals surface area contributed by atoms with Gasteiger partial charge in [-0.25, -0.2) is 0 Å². The van der Waals surface area contributed by atoms with E-state index >= 15 is 0 Å². The molecule has 0 nitrogen and oxygen atoms in total. The van der Waals surface area contributed by atoms with Crippen LogP contribution in [0.4, 0.5) is 16.9 Å². The summed E-state index contributed by atoms with van der Waals surface area (Å²) in [5, 5.41) is 4.26. The summed E-state index contributed by atoms with van der Waals surface area (Å²) >= 11 is -11.2.